The van der Waals surface area contributed by atoms with Crippen molar-refractivity contribution in [2.24, 2.45) is 0 Å². The summed E-state index contributed by atoms with van der Waals surface area (Å²) in [6.45, 7) is 9.94. The van der Waals surface area contributed by atoms with Crippen molar-refractivity contribution >= 4 is 23.4 Å². The molecule has 0 radical (unpaired) electrons. The fourth-order valence-corrected chi connectivity index (χ4v) is 4.23. The summed E-state index contributed by atoms with van der Waals surface area (Å²) in [4.78, 5) is 14.9. The van der Waals surface area contributed by atoms with Crippen molar-refractivity contribution in [1.29, 1.82) is 5.26 Å². The molecule has 28 heavy (non-hydrogen) atoms. The number of nitrogens with one attached hydrogen (secondary N) is 1. The number of benzene rings is 2. The molecule has 4 heteroatoms. The minimum atomic E-state index is -0.393. The zero-order valence-electron chi connectivity index (χ0n) is 17.0. The van der Waals surface area contributed by atoms with Crippen LogP contribution in [-0.2, 0) is 4.79 Å². The van der Waals surface area contributed by atoms with Crippen LogP contribution in [0, 0.1) is 11.3 Å². The van der Waals surface area contributed by atoms with Crippen LogP contribution in [0.1, 0.15) is 51.2 Å². The molecular weight excluding hydrogens is 346 g/mol. The Kier molecular flexibility index (Phi) is 5.56. The third-order valence-electron chi connectivity index (χ3n) is 5.43. The van der Waals surface area contributed by atoms with Crippen molar-refractivity contribution in [2.45, 2.75) is 45.6 Å². The van der Waals surface area contributed by atoms with Gasteiger partial charge in [0.15, 0.2) is 0 Å². The van der Waals surface area contributed by atoms with E-state index in [2.05, 4.69) is 50.0 Å². The number of anilines is 2. The van der Waals surface area contributed by atoms with Crippen LogP contribution in [0.15, 0.2) is 54.1 Å². The third-order valence-corrected chi connectivity index (χ3v) is 5.43. The smallest absolute Gasteiger partial charge is 0.266 e. The lowest BCUT2D eigenvalue weighted by Crippen LogP contribution is -2.48. The summed E-state index contributed by atoms with van der Waals surface area (Å²) in [6.07, 6.45) is 2.74. The van der Waals surface area contributed by atoms with Crippen LogP contribution in [0.2, 0.25) is 0 Å². The Balaban J connectivity index is 1.91. The largest absolute Gasteiger partial charge is 0.366 e. The van der Waals surface area contributed by atoms with Crippen LogP contribution in [0.4, 0.5) is 11.4 Å². The minimum Gasteiger partial charge on any atom is -0.366 e. The molecule has 0 unspecified atom stereocenters. The van der Waals surface area contributed by atoms with Gasteiger partial charge < -0.3 is 10.2 Å². The van der Waals surface area contributed by atoms with E-state index in [0.29, 0.717) is 11.6 Å². The van der Waals surface area contributed by atoms with Gasteiger partial charge in [-0.3, -0.25) is 4.79 Å². The molecule has 1 heterocycles. The van der Waals surface area contributed by atoms with Gasteiger partial charge in [0.25, 0.3) is 5.91 Å². The highest BCUT2D eigenvalue weighted by molar-refractivity contribution is 6.09. The minimum absolute atomic E-state index is 0.0972. The lowest BCUT2D eigenvalue weighted by Gasteiger charge is -2.47. The third kappa shape index (κ3) is 3.94. The molecule has 0 aliphatic carbocycles. The van der Waals surface area contributed by atoms with E-state index in [1.165, 1.54) is 11.3 Å². The molecule has 0 aromatic heterocycles. The van der Waals surface area contributed by atoms with Crippen molar-refractivity contribution in [1.82, 2.24) is 0 Å². The van der Waals surface area contributed by atoms with Gasteiger partial charge in [-0.2, -0.15) is 5.26 Å². The molecule has 0 fully saturated rings. The van der Waals surface area contributed by atoms with Crippen LogP contribution < -0.4 is 10.2 Å². The number of rotatable bonds is 4. The van der Waals surface area contributed by atoms with E-state index >= 15 is 0 Å². The number of hydrogen-bond acceptors (Lipinski definition) is 3. The van der Waals surface area contributed by atoms with Gasteiger partial charge in [-0.15, -0.1) is 0 Å². The number of nitriles is 1. The molecule has 2 aromatic carbocycles. The van der Waals surface area contributed by atoms with Crippen LogP contribution in [0.5, 0.6) is 0 Å². The van der Waals surface area contributed by atoms with Crippen molar-refractivity contribution in [3.8, 4) is 6.07 Å². The Labute approximate surface area is 167 Å². The van der Waals surface area contributed by atoms with Gasteiger partial charge in [-0.1, -0.05) is 31.2 Å². The quantitative estimate of drug-likeness (QED) is 0.581. The molecule has 0 saturated heterocycles. The zero-order valence-corrected chi connectivity index (χ0v) is 17.0. The van der Waals surface area contributed by atoms with Crippen molar-refractivity contribution < 1.29 is 4.79 Å². The highest BCUT2D eigenvalue weighted by atomic mass is 16.1. The number of hydrogen-bond donors (Lipinski definition) is 1. The normalized spacial score (nSPS) is 18.2. The van der Waals surface area contributed by atoms with Gasteiger partial charge in [0.05, 0.1) is 0 Å². The first-order chi connectivity index (χ1) is 13.4. The van der Waals surface area contributed by atoms with E-state index < -0.39 is 5.91 Å². The van der Waals surface area contributed by atoms with Crippen molar-refractivity contribution in [3.05, 3.63) is 65.2 Å². The molecule has 0 bridgehead atoms. The number of amides is 1. The average molecular weight is 374 g/mol. The second-order valence-corrected chi connectivity index (χ2v) is 7.97. The van der Waals surface area contributed by atoms with E-state index in [4.69, 9.17) is 0 Å². The van der Waals surface area contributed by atoms with Gasteiger partial charge >= 0.3 is 0 Å². The molecule has 144 valence electrons. The maximum atomic E-state index is 12.5. The number of nitrogens with zero attached hydrogens (tertiary/aromatic N) is 2. The first-order valence-electron chi connectivity index (χ1n) is 9.75. The molecule has 1 amide bonds. The molecule has 1 N–H and O–H groups in total. The van der Waals surface area contributed by atoms with Gasteiger partial charge in [-0.25, -0.2) is 0 Å². The SMILES string of the molecule is CCN1c2ccc(/C=C(/C#N)C(=O)Nc3ccccc3)cc2[C@H](C)CC1(C)C. The molecule has 2 aromatic rings. The first-order valence-corrected chi connectivity index (χ1v) is 9.75. The number of carbonyl (C=O) groups is 1. The number of fused-ring (bicyclic) bond motifs is 1. The summed E-state index contributed by atoms with van der Waals surface area (Å²) in [6, 6.07) is 17.4. The van der Waals surface area contributed by atoms with E-state index in [0.717, 1.165) is 18.5 Å². The lowest BCUT2D eigenvalue weighted by atomic mass is 9.79. The molecule has 0 spiro atoms. The Bertz CT molecular complexity index is 938. The molecule has 1 atom stereocenters. The summed E-state index contributed by atoms with van der Waals surface area (Å²) < 4.78 is 0. The maximum Gasteiger partial charge on any atom is 0.266 e. The Morgan fingerprint density at radius 3 is 2.64 bits per heavy atom. The van der Waals surface area contributed by atoms with E-state index in [1.54, 1.807) is 18.2 Å². The summed E-state index contributed by atoms with van der Waals surface area (Å²) in [5, 5.41) is 12.3. The average Bonchev–Trinajstić information content (AvgIpc) is 2.66. The fraction of sp³-hybridized carbons (Fsp3) is 0.333. The zero-order chi connectivity index (χ0) is 20.3. The first kappa shape index (κ1) is 19.7. The van der Waals surface area contributed by atoms with Gasteiger partial charge in [0.2, 0.25) is 0 Å². The van der Waals surface area contributed by atoms with Gasteiger partial charge in [0, 0.05) is 23.5 Å². The fourth-order valence-electron chi connectivity index (χ4n) is 4.23. The summed E-state index contributed by atoms with van der Waals surface area (Å²) in [5.41, 5.74) is 4.28. The van der Waals surface area contributed by atoms with Crippen LogP contribution >= 0.6 is 0 Å². The van der Waals surface area contributed by atoms with Crippen molar-refractivity contribution in [3.63, 3.8) is 0 Å². The highest BCUT2D eigenvalue weighted by Crippen LogP contribution is 2.43. The number of carbonyl (C=O) groups excluding carboxylic acids is 1. The van der Waals surface area contributed by atoms with Gasteiger partial charge in [0.1, 0.15) is 11.6 Å². The van der Waals surface area contributed by atoms with Crippen LogP contribution in [0.3, 0.4) is 0 Å². The monoisotopic (exact) mass is 373 g/mol. The maximum absolute atomic E-state index is 12.5. The van der Waals surface area contributed by atoms with E-state index in [9.17, 15) is 10.1 Å². The standard InChI is InChI=1S/C24H27N3O/c1-5-27-22-12-11-18(14-21(22)17(2)15-24(27,3)4)13-19(16-25)23(28)26-20-9-7-6-8-10-20/h6-14,17H,5,15H2,1-4H3,(H,26,28)/b19-13-/t17-/m1/s1. The summed E-state index contributed by atoms with van der Waals surface area (Å²) in [5.74, 6) is 0.0284. The molecular formula is C24H27N3O. The predicted molar refractivity (Wildman–Crippen MR) is 115 cm³/mol. The van der Waals surface area contributed by atoms with E-state index in [1.807, 2.05) is 30.3 Å². The molecule has 1 aliphatic rings. The van der Waals surface area contributed by atoms with E-state index in [-0.39, 0.29) is 11.1 Å². The Morgan fingerprint density at radius 1 is 1.29 bits per heavy atom. The molecule has 4 nitrogen and oxygen atoms in total. The van der Waals surface area contributed by atoms with Crippen LogP contribution in [0.25, 0.3) is 6.08 Å². The second kappa shape index (κ2) is 7.90. The lowest BCUT2D eigenvalue weighted by molar-refractivity contribution is -0.112. The Hall–Kier alpha value is -3.06. The Morgan fingerprint density at radius 2 is 2.00 bits per heavy atom. The molecule has 1 aliphatic heterocycles. The molecule has 0 saturated carbocycles. The topological polar surface area (TPSA) is 56.1 Å². The highest BCUT2D eigenvalue weighted by Gasteiger charge is 2.35. The predicted octanol–water partition coefficient (Wildman–Crippen LogP) is 5.34. The summed E-state index contributed by atoms with van der Waals surface area (Å²) >= 11 is 0. The number of para-hydroxylation sites is 1. The summed E-state index contributed by atoms with van der Waals surface area (Å²) in [7, 11) is 0. The molecule has 3 rings (SSSR count). The van der Waals surface area contributed by atoms with Gasteiger partial charge in [-0.05, 0) is 74.6 Å². The van der Waals surface area contributed by atoms with Crippen LogP contribution in [-0.4, -0.2) is 18.0 Å². The second-order valence-electron chi connectivity index (χ2n) is 7.97. The van der Waals surface area contributed by atoms with Crippen molar-refractivity contribution in [2.75, 3.05) is 16.8 Å².